The predicted molar refractivity (Wildman–Crippen MR) is 161 cm³/mol. The summed E-state index contributed by atoms with van der Waals surface area (Å²) >= 11 is 0. The van der Waals surface area contributed by atoms with Gasteiger partial charge in [-0.2, -0.15) is 0 Å². The summed E-state index contributed by atoms with van der Waals surface area (Å²) in [6.45, 7) is 4.00. The summed E-state index contributed by atoms with van der Waals surface area (Å²) in [5, 5.41) is 4.87. The lowest BCUT2D eigenvalue weighted by molar-refractivity contribution is 0.360. The van der Waals surface area contributed by atoms with Crippen LogP contribution in [0.15, 0.2) is 83.9 Å². The molecule has 4 aromatic rings. The number of halogens is 1. The number of rotatable bonds is 12. The molecule has 5 nitrogen and oxygen atoms in total. The monoisotopic (exact) mass is 561 g/mol. The Morgan fingerprint density at radius 1 is 0.925 bits per heavy atom. The number of nitrogens with zero attached hydrogens (tertiary/aromatic N) is 1. The third-order valence-electron chi connectivity index (χ3n) is 8.12. The van der Waals surface area contributed by atoms with Crippen molar-refractivity contribution in [3.05, 3.63) is 102 Å². The van der Waals surface area contributed by atoms with Crippen LogP contribution >= 0.6 is 0 Å². The summed E-state index contributed by atoms with van der Waals surface area (Å²) in [7, 11) is -3.63. The second-order valence-corrected chi connectivity index (χ2v) is 12.8. The van der Waals surface area contributed by atoms with E-state index in [2.05, 4.69) is 76.3 Å². The summed E-state index contributed by atoms with van der Waals surface area (Å²) < 4.78 is 43.2. The molecular weight excluding hydrogens is 521 g/mol. The van der Waals surface area contributed by atoms with Crippen LogP contribution in [0.4, 0.5) is 4.39 Å². The molecule has 1 heterocycles. The fourth-order valence-corrected chi connectivity index (χ4v) is 7.12. The van der Waals surface area contributed by atoms with E-state index in [1.54, 1.807) is 0 Å². The van der Waals surface area contributed by atoms with Gasteiger partial charge in [-0.25, -0.2) is 17.5 Å². The van der Waals surface area contributed by atoms with Crippen LogP contribution in [0.1, 0.15) is 73.6 Å². The number of nitrogens with one attached hydrogen (secondary N) is 2. The highest BCUT2D eigenvalue weighted by Crippen LogP contribution is 2.38. The van der Waals surface area contributed by atoms with Gasteiger partial charge in [0, 0.05) is 35.6 Å². The molecule has 212 valence electrons. The van der Waals surface area contributed by atoms with Crippen LogP contribution in [0.5, 0.6) is 0 Å². The van der Waals surface area contributed by atoms with Gasteiger partial charge in [0.05, 0.1) is 4.90 Å². The molecule has 1 atom stereocenters. The van der Waals surface area contributed by atoms with E-state index in [4.69, 9.17) is 0 Å². The number of sulfonamides is 1. The zero-order chi connectivity index (χ0) is 28.0. The summed E-state index contributed by atoms with van der Waals surface area (Å²) in [4.78, 5) is 0.0789. The Kier molecular flexibility index (Phi) is 9.35. The molecule has 1 unspecified atom stereocenters. The van der Waals surface area contributed by atoms with E-state index in [9.17, 15) is 12.8 Å². The van der Waals surface area contributed by atoms with Gasteiger partial charge in [-0.05, 0) is 87.2 Å². The van der Waals surface area contributed by atoms with E-state index in [0.29, 0.717) is 25.6 Å². The van der Waals surface area contributed by atoms with E-state index in [-0.39, 0.29) is 10.8 Å². The molecule has 1 aliphatic rings. The predicted octanol–water partition coefficient (Wildman–Crippen LogP) is 7.07. The van der Waals surface area contributed by atoms with Crippen LogP contribution in [-0.4, -0.2) is 32.6 Å². The van der Waals surface area contributed by atoms with E-state index < -0.39 is 15.8 Å². The molecule has 0 spiro atoms. The second kappa shape index (κ2) is 13.1. The molecule has 0 bridgehead atoms. The van der Waals surface area contributed by atoms with Crippen molar-refractivity contribution in [1.82, 2.24) is 14.6 Å². The number of fused-ring (bicyclic) bond motifs is 1. The smallest absolute Gasteiger partial charge is 0.240 e. The zero-order valence-electron chi connectivity index (χ0n) is 23.3. The average molecular weight is 562 g/mol. The van der Waals surface area contributed by atoms with Gasteiger partial charge < -0.3 is 9.88 Å². The molecular formula is C33H40FN3O2S. The van der Waals surface area contributed by atoms with Gasteiger partial charge in [-0.15, -0.1) is 0 Å². The molecule has 0 radical (unpaired) electrons. The van der Waals surface area contributed by atoms with Gasteiger partial charge >= 0.3 is 0 Å². The maximum absolute atomic E-state index is 13.1. The van der Waals surface area contributed by atoms with Gasteiger partial charge in [-0.1, -0.05) is 67.3 Å². The largest absolute Gasteiger partial charge is 0.344 e. The molecule has 0 amide bonds. The van der Waals surface area contributed by atoms with Crippen LogP contribution in [0.3, 0.4) is 0 Å². The first kappa shape index (κ1) is 28.5. The molecule has 1 saturated carbocycles. The summed E-state index contributed by atoms with van der Waals surface area (Å²) in [5.41, 5.74) is 5.32. The molecule has 1 aliphatic carbocycles. The van der Waals surface area contributed by atoms with Crippen molar-refractivity contribution in [1.29, 1.82) is 0 Å². The summed E-state index contributed by atoms with van der Waals surface area (Å²) in [5.74, 6) is -0.190. The van der Waals surface area contributed by atoms with Crippen LogP contribution < -0.4 is 10.0 Å². The highest BCUT2D eigenvalue weighted by Gasteiger charge is 2.23. The fourth-order valence-electron chi connectivity index (χ4n) is 6.05. The summed E-state index contributed by atoms with van der Waals surface area (Å²) in [6, 6.07) is 23.2. The molecule has 5 rings (SSSR count). The minimum atomic E-state index is -3.63. The molecule has 0 saturated heterocycles. The second-order valence-electron chi connectivity index (χ2n) is 11.0. The molecule has 0 aliphatic heterocycles. The van der Waals surface area contributed by atoms with E-state index in [1.807, 2.05) is 0 Å². The third kappa shape index (κ3) is 6.82. The average Bonchev–Trinajstić information content (AvgIpc) is 3.34. The van der Waals surface area contributed by atoms with Crippen molar-refractivity contribution in [3.63, 3.8) is 0 Å². The van der Waals surface area contributed by atoms with Gasteiger partial charge in [0.2, 0.25) is 10.0 Å². The zero-order valence-corrected chi connectivity index (χ0v) is 24.1. The molecule has 7 heteroatoms. The normalized spacial score (nSPS) is 15.4. The first-order chi connectivity index (χ1) is 19.4. The van der Waals surface area contributed by atoms with Crippen molar-refractivity contribution < 1.29 is 12.8 Å². The fraction of sp³-hybridized carbons (Fsp3) is 0.394. The Labute approximate surface area is 237 Å². The number of benzene rings is 3. The number of para-hydroxylation sites is 1. The van der Waals surface area contributed by atoms with Gasteiger partial charge in [0.15, 0.2) is 0 Å². The number of hydrogen-bond acceptors (Lipinski definition) is 3. The third-order valence-corrected chi connectivity index (χ3v) is 9.59. The maximum Gasteiger partial charge on any atom is 0.240 e. The first-order valence-electron chi connectivity index (χ1n) is 14.5. The van der Waals surface area contributed by atoms with E-state index in [1.165, 1.54) is 71.8 Å². The minimum absolute atomic E-state index is 0.0789. The summed E-state index contributed by atoms with van der Waals surface area (Å²) in [6.07, 6.45) is 10.5. The number of aryl methyl sites for hydroxylation is 1. The molecule has 1 aromatic heterocycles. The molecule has 40 heavy (non-hydrogen) atoms. The Morgan fingerprint density at radius 2 is 1.70 bits per heavy atom. The highest BCUT2D eigenvalue weighted by molar-refractivity contribution is 7.89. The standard InChI is InChI=1S/C33H40FN3O2S/c1-25-9-7-10-26(23-25)30(19-22-35-20-8-21-36-40(38,39)29-17-15-27(34)16-18-29)32-24-37(28-11-3-2-4-12-28)33-14-6-5-13-31(32)33/h5-7,9-10,13-18,23-24,28,30,35-36H,2-4,8,11-12,19-22H2,1H3. The molecule has 3 aromatic carbocycles. The van der Waals surface area contributed by atoms with Crippen molar-refractivity contribution in [2.24, 2.45) is 0 Å². The van der Waals surface area contributed by atoms with E-state index in [0.717, 1.165) is 25.1 Å². The van der Waals surface area contributed by atoms with Gasteiger partial charge in [-0.3, -0.25) is 0 Å². The lowest BCUT2D eigenvalue weighted by atomic mass is 9.87. The number of hydrogen-bond donors (Lipinski definition) is 2. The molecule has 2 N–H and O–H groups in total. The van der Waals surface area contributed by atoms with Crippen LogP contribution in [0.25, 0.3) is 10.9 Å². The van der Waals surface area contributed by atoms with Crippen molar-refractivity contribution >= 4 is 20.9 Å². The number of aromatic nitrogens is 1. The minimum Gasteiger partial charge on any atom is -0.344 e. The van der Waals surface area contributed by atoms with Gasteiger partial charge in [0.1, 0.15) is 5.82 Å². The lowest BCUT2D eigenvalue weighted by Crippen LogP contribution is -2.28. The molecule has 1 fully saturated rings. The van der Waals surface area contributed by atoms with Gasteiger partial charge in [0.25, 0.3) is 0 Å². The van der Waals surface area contributed by atoms with Crippen molar-refractivity contribution in [2.75, 3.05) is 19.6 Å². The lowest BCUT2D eigenvalue weighted by Gasteiger charge is -2.24. The quantitative estimate of drug-likeness (QED) is 0.182. The Bertz CT molecular complexity index is 1510. The highest BCUT2D eigenvalue weighted by atomic mass is 32.2. The van der Waals surface area contributed by atoms with Crippen LogP contribution in [0.2, 0.25) is 0 Å². The first-order valence-corrected chi connectivity index (χ1v) is 16.0. The van der Waals surface area contributed by atoms with Crippen LogP contribution in [-0.2, 0) is 10.0 Å². The van der Waals surface area contributed by atoms with Crippen molar-refractivity contribution in [3.8, 4) is 0 Å². The van der Waals surface area contributed by atoms with Crippen molar-refractivity contribution in [2.45, 2.75) is 68.7 Å². The maximum atomic E-state index is 13.1. The Hall–Kier alpha value is -3.00. The van der Waals surface area contributed by atoms with E-state index >= 15 is 0 Å². The topological polar surface area (TPSA) is 63.1 Å². The Morgan fingerprint density at radius 3 is 2.48 bits per heavy atom. The SMILES string of the molecule is Cc1cccc(C(CCNCCCNS(=O)(=O)c2ccc(F)cc2)c2cn(C3CCCCC3)c3ccccc23)c1. The Balaban J connectivity index is 1.25. The van der Waals surface area contributed by atoms with Crippen LogP contribution in [0, 0.1) is 12.7 Å².